The van der Waals surface area contributed by atoms with Crippen LogP contribution in [0.5, 0.6) is 0 Å². The van der Waals surface area contributed by atoms with Gasteiger partial charge in [-0.3, -0.25) is 9.59 Å². The number of amides is 2. The Bertz CT molecular complexity index is 506. The predicted octanol–water partition coefficient (Wildman–Crippen LogP) is 1.84. The summed E-state index contributed by atoms with van der Waals surface area (Å²) in [5.74, 6) is 0.369. The van der Waals surface area contributed by atoms with E-state index in [0.29, 0.717) is 18.8 Å². The first-order chi connectivity index (χ1) is 10.7. The van der Waals surface area contributed by atoms with Gasteiger partial charge in [-0.2, -0.15) is 8.75 Å². The molecule has 2 amide bonds. The molecule has 0 spiro atoms. The molecule has 2 fully saturated rings. The van der Waals surface area contributed by atoms with E-state index in [1.165, 1.54) is 25.5 Å². The standard InChI is InChI=1S/C15H22N4O2S/c20-14(11-4-2-1-3-5-11)17-12-6-8-19(9-7-12)15(21)13-10-16-22-18-13/h10-12H,1-9H2,(H,17,20). The first-order valence-electron chi connectivity index (χ1n) is 8.11. The number of carbonyl (C=O) groups excluding carboxylic acids is 2. The van der Waals surface area contributed by atoms with E-state index in [1.807, 2.05) is 0 Å². The Morgan fingerprint density at radius 2 is 1.86 bits per heavy atom. The van der Waals surface area contributed by atoms with Crippen LogP contribution in [0, 0.1) is 5.92 Å². The lowest BCUT2D eigenvalue weighted by atomic mass is 9.88. The summed E-state index contributed by atoms with van der Waals surface area (Å²) in [6, 6.07) is 0.201. The van der Waals surface area contributed by atoms with Gasteiger partial charge in [-0.1, -0.05) is 19.3 Å². The summed E-state index contributed by atoms with van der Waals surface area (Å²) >= 11 is 1.05. The van der Waals surface area contributed by atoms with E-state index in [1.54, 1.807) is 4.90 Å². The molecule has 1 aliphatic heterocycles. The molecule has 1 N–H and O–H groups in total. The molecule has 1 aliphatic carbocycles. The van der Waals surface area contributed by atoms with Gasteiger partial charge in [0.1, 0.15) is 0 Å². The van der Waals surface area contributed by atoms with Gasteiger partial charge < -0.3 is 10.2 Å². The van der Waals surface area contributed by atoms with Crippen LogP contribution in [-0.2, 0) is 4.79 Å². The summed E-state index contributed by atoms with van der Waals surface area (Å²) < 4.78 is 7.86. The van der Waals surface area contributed by atoms with Crippen molar-refractivity contribution < 1.29 is 9.59 Å². The van der Waals surface area contributed by atoms with E-state index in [-0.39, 0.29) is 23.8 Å². The molecule has 0 bridgehead atoms. The van der Waals surface area contributed by atoms with E-state index < -0.39 is 0 Å². The molecule has 0 aromatic carbocycles. The molecule has 1 saturated heterocycles. The molecule has 120 valence electrons. The summed E-state index contributed by atoms with van der Waals surface area (Å²) in [7, 11) is 0. The fourth-order valence-corrected chi connectivity index (χ4v) is 3.74. The Labute approximate surface area is 134 Å². The Balaban J connectivity index is 1.45. The first-order valence-corrected chi connectivity index (χ1v) is 8.84. The number of likely N-dealkylation sites (tertiary alicyclic amines) is 1. The van der Waals surface area contributed by atoms with E-state index in [9.17, 15) is 9.59 Å². The van der Waals surface area contributed by atoms with Crippen molar-refractivity contribution in [3.63, 3.8) is 0 Å². The highest BCUT2D eigenvalue weighted by Gasteiger charge is 2.28. The fourth-order valence-electron chi connectivity index (χ4n) is 3.33. The van der Waals surface area contributed by atoms with Crippen LogP contribution in [-0.4, -0.2) is 44.6 Å². The van der Waals surface area contributed by atoms with Gasteiger partial charge in [0.15, 0.2) is 5.69 Å². The summed E-state index contributed by atoms with van der Waals surface area (Å²) in [5.41, 5.74) is 0.426. The quantitative estimate of drug-likeness (QED) is 0.921. The van der Waals surface area contributed by atoms with Gasteiger partial charge in [0.2, 0.25) is 5.91 Å². The maximum Gasteiger partial charge on any atom is 0.275 e. The molecule has 0 unspecified atom stereocenters. The molecular weight excluding hydrogens is 300 g/mol. The molecular formula is C15H22N4O2S. The third kappa shape index (κ3) is 3.63. The molecule has 2 aliphatic rings. The van der Waals surface area contributed by atoms with Crippen LogP contribution in [0.15, 0.2) is 6.20 Å². The maximum atomic E-state index is 12.3. The molecule has 3 rings (SSSR count). The van der Waals surface area contributed by atoms with Gasteiger partial charge in [-0.15, -0.1) is 0 Å². The molecule has 1 aromatic heterocycles. The van der Waals surface area contributed by atoms with Crippen LogP contribution in [0.25, 0.3) is 0 Å². The van der Waals surface area contributed by atoms with Crippen molar-refractivity contribution in [3.05, 3.63) is 11.9 Å². The normalized spacial score (nSPS) is 20.8. The van der Waals surface area contributed by atoms with Crippen LogP contribution in [0.1, 0.15) is 55.4 Å². The van der Waals surface area contributed by atoms with Crippen LogP contribution in [0.3, 0.4) is 0 Å². The van der Waals surface area contributed by atoms with Crippen LogP contribution in [0.2, 0.25) is 0 Å². The minimum absolute atomic E-state index is 0.0502. The average Bonchev–Trinajstić information content (AvgIpc) is 3.10. The van der Waals surface area contributed by atoms with Gasteiger partial charge in [-0.25, -0.2) is 0 Å². The number of hydrogen-bond acceptors (Lipinski definition) is 5. The van der Waals surface area contributed by atoms with Crippen molar-refractivity contribution in [2.45, 2.75) is 51.0 Å². The van der Waals surface area contributed by atoms with Crippen LogP contribution < -0.4 is 5.32 Å². The van der Waals surface area contributed by atoms with E-state index in [0.717, 1.165) is 37.4 Å². The van der Waals surface area contributed by atoms with Crippen molar-refractivity contribution in [2.24, 2.45) is 5.92 Å². The predicted molar refractivity (Wildman–Crippen MR) is 83.6 cm³/mol. The first kappa shape index (κ1) is 15.4. The number of carbonyl (C=O) groups is 2. The highest BCUT2D eigenvalue weighted by Crippen LogP contribution is 2.24. The lowest BCUT2D eigenvalue weighted by molar-refractivity contribution is -0.126. The van der Waals surface area contributed by atoms with Gasteiger partial charge in [0.05, 0.1) is 17.9 Å². The summed E-state index contributed by atoms with van der Waals surface area (Å²) in [6.45, 7) is 1.35. The number of nitrogens with one attached hydrogen (secondary N) is 1. The van der Waals surface area contributed by atoms with Crippen molar-refractivity contribution in [2.75, 3.05) is 13.1 Å². The van der Waals surface area contributed by atoms with Crippen molar-refractivity contribution in [1.29, 1.82) is 0 Å². The number of aromatic nitrogens is 2. The lowest BCUT2D eigenvalue weighted by Crippen LogP contribution is -2.48. The van der Waals surface area contributed by atoms with Gasteiger partial charge in [0, 0.05) is 25.0 Å². The highest BCUT2D eigenvalue weighted by atomic mass is 32.1. The third-order valence-electron chi connectivity index (χ3n) is 4.68. The second-order valence-electron chi connectivity index (χ2n) is 6.20. The monoisotopic (exact) mass is 322 g/mol. The third-order valence-corrected chi connectivity index (χ3v) is 5.16. The van der Waals surface area contributed by atoms with E-state index in [4.69, 9.17) is 0 Å². The van der Waals surface area contributed by atoms with Crippen molar-refractivity contribution >= 4 is 23.5 Å². The zero-order valence-electron chi connectivity index (χ0n) is 12.7. The number of piperidine rings is 1. The highest BCUT2D eigenvalue weighted by molar-refractivity contribution is 6.99. The molecule has 0 radical (unpaired) electrons. The molecule has 22 heavy (non-hydrogen) atoms. The van der Waals surface area contributed by atoms with E-state index >= 15 is 0 Å². The minimum atomic E-state index is -0.0502. The van der Waals surface area contributed by atoms with E-state index in [2.05, 4.69) is 14.1 Å². The SMILES string of the molecule is O=C(NC1CCN(C(=O)c2cnsn2)CC1)C1CCCCC1. The fraction of sp³-hybridized carbons (Fsp3) is 0.733. The molecule has 1 aromatic rings. The summed E-state index contributed by atoms with van der Waals surface area (Å²) in [4.78, 5) is 26.2. The summed E-state index contributed by atoms with van der Waals surface area (Å²) in [5, 5.41) is 3.18. The van der Waals surface area contributed by atoms with Gasteiger partial charge >= 0.3 is 0 Å². The number of hydrogen-bond donors (Lipinski definition) is 1. The Kier molecular flexibility index (Phi) is 5.02. The van der Waals surface area contributed by atoms with Crippen molar-refractivity contribution in [1.82, 2.24) is 19.0 Å². The Morgan fingerprint density at radius 1 is 1.14 bits per heavy atom. The Hall–Kier alpha value is -1.50. The maximum absolute atomic E-state index is 12.3. The molecule has 1 saturated carbocycles. The smallest absolute Gasteiger partial charge is 0.275 e. The number of rotatable bonds is 3. The molecule has 7 heteroatoms. The second-order valence-corrected chi connectivity index (χ2v) is 6.76. The van der Waals surface area contributed by atoms with Crippen molar-refractivity contribution in [3.8, 4) is 0 Å². The molecule has 6 nitrogen and oxygen atoms in total. The largest absolute Gasteiger partial charge is 0.353 e. The zero-order valence-corrected chi connectivity index (χ0v) is 13.5. The topological polar surface area (TPSA) is 75.2 Å². The lowest BCUT2D eigenvalue weighted by Gasteiger charge is -2.33. The summed E-state index contributed by atoms with van der Waals surface area (Å²) in [6.07, 6.45) is 8.82. The van der Waals surface area contributed by atoms with Gasteiger partial charge in [-0.05, 0) is 25.7 Å². The molecule has 2 heterocycles. The number of nitrogens with zero attached hydrogens (tertiary/aromatic N) is 3. The zero-order chi connectivity index (χ0) is 15.4. The average molecular weight is 322 g/mol. The van der Waals surface area contributed by atoms with Crippen LogP contribution >= 0.6 is 11.7 Å². The Morgan fingerprint density at radius 3 is 2.50 bits per heavy atom. The molecule has 0 atom stereocenters. The van der Waals surface area contributed by atoms with Gasteiger partial charge in [0.25, 0.3) is 5.91 Å². The minimum Gasteiger partial charge on any atom is -0.353 e. The second kappa shape index (κ2) is 7.17. The van der Waals surface area contributed by atoms with Crippen LogP contribution in [0.4, 0.5) is 0 Å².